The van der Waals surface area contributed by atoms with Crippen LogP contribution in [0.1, 0.15) is 24.2 Å². The highest BCUT2D eigenvalue weighted by molar-refractivity contribution is 7.91. The van der Waals surface area contributed by atoms with Crippen LogP contribution in [0, 0.1) is 6.92 Å². The van der Waals surface area contributed by atoms with Gasteiger partial charge in [-0.05, 0) is 19.4 Å². The van der Waals surface area contributed by atoms with Gasteiger partial charge in [-0.1, -0.05) is 29.8 Å². The summed E-state index contributed by atoms with van der Waals surface area (Å²) < 4.78 is 22.5. The van der Waals surface area contributed by atoms with Gasteiger partial charge in [-0.15, -0.1) is 0 Å². The van der Waals surface area contributed by atoms with Crippen LogP contribution in [0.3, 0.4) is 0 Å². The summed E-state index contributed by atoms with van der Waals surface area (Å²) in [5, 5.41) is 9.06. The van der Waals surface area contributed by atoms with Crippen molar-refractivity contribution in [2.45, 2.75) is 25.2 Å². The molecule has 0 amide bonds. The molecule has 0 aliphatic carbocycles. The lowest BCUT2D eigenvalue weighted by Crippen LogP contribution is -2.24. The number of hydrogen-bond donors (Lipinski definition) is 1. The van der Waals surface area contributed by atoms with E-state index in [-0.39, 0.29) is 0 Å². The molecular formula is C11H16O3S. The Bertz CT molecular complexity index is 420. The third-order valence-corrected chi connectivity index (χ3v) is 4.15. The van der Waals surface area contributed by atoms with Crippen LogP contribution in [0.5, 0.6) is 0 Å². The molecule has 0 radical (unpaired) electrons. The van der Waals surface area contributed by atoms with Gasteiger partial charge in [0.2, 0.25) is 0 Å². The van der Waals surface area contributed by atoms with Crippen LogP contribution in [0.2, 0.25) is 0 Å². The third kappa shape index (κ3) is 3.04. The molecule has 4 heteroatoms. The SMILES string of the molecule is Cc1ccc([C@@H](O)[C@@H](C)S(C)(=O)=O)cc1. The molecule has 2 atom stereocenters. The standard InChI is InChI=1S/C11H16O3S/c1-8-4-6-10(7-5-8)11(12)9(2)15(3,13)14/h4-7,9,11-12H,1-3H3/t9-,11+/m1/s1. The fraction of sp³-hybridized carbons (Fsp3) is 0.455. The molecule has 0 unspecified atom stereocenters. The lowest BCUT2D eigenvalue weighted by Gasteiger charge is -2.17. The van der Waals surface area contributed by atoms with Crippen molar-refractivity contribution in [2.24, 2.45) is 0 Å². The summed E-state index contributed by atoms with van der Waals surface area (Å²) in [7, 11) is -3.21. The zero-order chi connectivity index (χ0) is 11.6. The Morgan fingerprint density at radius 2 is 1.67 bits per heavy atom. The van der Waals surface area contributed by atoms with Crippen molar-refractivity contribution in [2.75, 3.05) is 6.26 Å². The molecule has 84 valence electrons. The molecule has 0 saturated heterocycles. The Labute approximate surface area is 90.7 Å². The van der Waals surface area contributed by atoms with E-state index in [4.69, 9.17) is 0 Å². The first-order valence-corrected chi connectivity index (χ1v) is 6.71. The molecule has 1 aromatic carbocycles. The molecule has 0 spiro atoms. The quantitative estimate of drug-likeness (QED) is 0.852. The van der Waals surface area contributed by atoms with Crippen LogP contribution in [0.25, 0.3) is 0 Å². The van der Waals surface area contributed by atoms with E-state index in [0.717, 1.165) is 11.8 Å². The van der Waals surface area contributed by atoms with Gasteiger partial charge in [-0.2, -0.15) is 0 Å². The summed E-state index contributed by atoms with van der Waals surface area (Å²) in [6, 6.07) is 7.21. The van der Waals surface area contributed by atoms with Gasteiger partial charge >= 0.3 is 0 Å². The maximum absolute atomic E-state index is 11.3. The van der Waals surface area contributed by atoms with E-state index in [9.17, 15) is 13.5 Å². The van der Waals surface area contributed by atoms with Crippen molar-refractivity contribution in [3.63, 3.8) is 0 Å². The normalized spacial score (nSPS) is 16.0. The first-order chi connectivity index (χ1) is 6.82. The molecule has 0 saturated carbocycles. The molecule has 0 fully saturated rings. The maximum Gasteiger partial charge on any atom is 0.152 e. The summed E-state index contributed by atoms with van der Waals surface area (Å²) in [6.07, 6.45) is 0.176. The second-order valence-electron chi connectivity index (χ2n) is 3.89. The monoisotopic (exact) mass is 228 g/mol. The lowest BCUT2D eigenvalue weighted by atomic mass is 10.1. The Morgan fingerprint density at radius 3 is 2.07 bits per heavy atom. The number of hydrogen-bond acceptors (Lipinski definition) is 3. The van der Waals surface area contributed by atoms with Gasteiger partial charge in [0.15, 0.2) is 9.84 Å². The largest absolute Gasteiger partial charge is 0.387 e. The van der Waals surface area contributed by atoms with Gasteiger partial charge in [-0.25, -0.2) is 8.42 Å². The van der Waals surface area contributed by atoms with Gasteiger partial charge in [0.05, 0.1) is 11.4 Å². The molecule has 0 aliphatic rings. The number of aliphatic hydroxyl groups is 1. The van der Waals surface area contributed by atoms with Gasteiger partial charge in [0.1, 0.15) is 0 Å². The van der Waals surface area contributed by atoms with Crippen molar-refractivity contribution in [1.29, 1.82) is 0 Å². The van der Waals surface area contributed by atoms with E-state index in [0.29, 0.717) is 5.56 Å². The average molecular weight is 228 g/mol. The van der Waals surface area contributed by atoms with E-state index in [2.05, 4.69) is 0 Å². The minimum Gasteiger partial charge on any atom is -0.387 e. The Morgan fingerprint density at radius 1 is 1.20 bits per heavy atom. The fourth-order valence-corrected chi connectivity index (χ4v) is 1.89. The Hall–Kier alpha value is -0.870. The van der Waals surface area contributed by atoms with Crippen LogP contribution in [0.15, 0.2) is 24.3 Å². The third-order valence-electron chi connectivity index (χ3n) is 2.54. The van der Waals surface area contributed by atoms with Crippen molar-refractivity contribution < 1.29 is 13.5 Å². The second-order valence-corrected chi connectivity index (χ2v) is 6.29. The molecule has 0 aromatic heterocycles. The highest BCUT2D eigenvalue weighted by Gasteiger charge is 2.25. The summed E-state index contributed by atoms with van der Waals surface area (Å²) in [4.78, 5) is 0. The Balaban J connectivity index is 2.95. The molecule has 1 N–H and O–H groups in total. The van der Waals surface area contributed by atoms with Gasteiger partial charge in [-0.3, -0.25) is 0 Å². The summed E-state index contributed by atoms with van der Waals surface area (Å²) in [5.74, 6) is 0. The van der Waals surface area contributed by atoms with Gasteiger partial charge in [0.25, 0.3) is 0 Å². The highest BCUT2D eigenvalue weighted by Crippen LogP contribution is 2.21. The zero-order valence-electron chi connectivity index (χ0n) is 9.14. The smallest absolute Gasteiger partial charge is 0.152 e. The number of benzene rings is 1. The molecule has 0 heterocycles. The molecule has 15 heavy (non-hydrogen) atoms. The Kier molecular flexibility index (Phi) is 3.52. The first kappa shape index (κ1) is 12.2. The molecule has 1 rings (SSSR count). The summed E-state index contributed by atoms with van der Waals surface area (Å²) in [5.41, 5.74) is 1.72. The van der Waals surface area contributed by atoms with Gasteiger partial charge in [0, 0.05) is 6.26 Å². The molecule has 0 aliphatic heterocycles. The number of aryl methyl sites for hydroxylation is 1. The van der Waals surface area contributed by atoms with E-state index in [1.54, 1.807) is 12.1 Å². The zero-order valence-corrected chi connectivity index (χ0v) is 9.95. The van der Waals surface area contributed by atoms with Crippen molar-refractivity contribution >= 4 is 9.84 Å². The average Bonchev–Trinajstić information content (AvgIpc) is 2.15. The lowest BCUT2D eigenvalue weighted by molar-refractivity contribution is 0.176. The second kappa shape index (κ2) is 4.33. The first-order valence-electron chi connectivity index (χ1n) is 4.76. The topological polar surface area (TPSA) is 54.4 Å². The van der Waals surface area contributed by atoms with Gasteiger partial charge < -0.3 is 5.11 Å². The predicted molar refractivity (Wildman–Crippen MR) is 60.4 cm³/mol. The van der Waals surface area contributed by atoms with Crippen LogP contribution in [0.4, 0.5) is 0 Å². The summed E-state index contributed by atoms with van der Waals surface area (Å²) >= 11 is 0. The highest BCUT2D eigenvalue weighted by atomic mass is 32.2. The number of aliphatic hydroxyl groups excluding tert-OH is 1. The summed E-state index contributed by atoms with van der Waals surface area (Å²) in [6.45, 7) is 3.45. The van der Waals surface area contributed by atoms with Crippen LogP contribution < -0.4 is 0 Å². The minimum atomic E-state index is -3.21. The van der Waals surface area contributed by atoms with E-state index in [1.165, 1.54) is 6.92 Å². The van der Waals surface area contributed by atoms with E-state index in [1.807, 2.05) is 19.1 Å². The minimum absolute atomic E-state index is 0.638. The molecule has 1 aromatic rings. The van der Waals surface area contributed by atoms with E-state index < -0.39 is 21.2 Å². The van der Waals surface area contributed by atoms with Crippen LogP contribution in [-0.4, -0.2) is 25.0 Å². The molecule has 3 nitrogen and oxygen atoms in total. The fourth-order valence-electron chi connectivity index (χ4n) is 1.27. The predicted octanol–water partition coefficient (Wildman–Crippen LogP) is 1.46. The van der Waals surface area contributed by atoms with Crippen LogP contribution >= 0.6 is 0 Å². The van der Waals surface area contributed by atoms with Crippen molar-refractivity contribution in [3.8, 4) is 0 Å². The maximum atomic E-state index is 11.3. The van der Waals surface area contributed by atoms with Crippen molar-refractivity contribution in [1.82, 2.24) is 0 Å². The molecule has 0 bridgehead atoms. The van der Waals surface area contributed by atoms with E-state index >= 15 is 0 Å². The number of sulfone groups is 1. The van der Waals surface area contributed by atoms with Crippen LogP contribution in [-0.2, 0) is 9.84 Å². The molecular weight excluding hydrogens is 212 g/mol. The number of rotatable bonds is 3. The van der Waals surface area contributed by atoms with Crippen molar-refractivity contribution in [3.05, 3.63) is 35.4 Å².